The van der Waals surface area contributed by atoms with E-state index in [-0.39, 0.29) is 5.92 Å². The Hall–Kier alpha value is -0.860. The Morgan fingerprint density at radius 2 is 2.57 bits per heavy atom. The lowest BCUT2D eigenvalue weighted by Crippen LogP contribution is -2.02. The van der Waals surface area contributed by atoms with E-state index in [1.54, 1.807) is 11.3 Å². The largest absolute Gasteiger partial charge is 0.297 e. The molecule has 0 aromatic carbocycles. The summed E-state index contributed by atoms with van der Waals surface area (Å²) in [5.74, 6) is 0.0135. The molecule has 0 spiro atoms. The van der Waals surface area contributed by atoms with Crippen molar-refractivity contribution in [2.24, 2.45) is 5.92 Å². The molecule has 0 aliphatic rings. The monoisotopic (exact) mass is 269 g/mol. The summed E-state index contributed by atoms with van der Waals surface area (Å²) in [6.07, 6.45) is 4.68. The van der Waals surface area contributed by atoms with E-state index in [0.29, 0.717) is 5.33 Å². The number of fused-ring (bicyclic) bond motifs is 1. The molecule has 0 aliphatic carbocycles. The lowest BCUT2D eigenvalue weighted by Gasteiger charge is -1.99. The quantitative estimate of drug-likeness (QED) is 0.804. The molecule has 0 saturated heterocycles. The first kappa shape index (κ1) is 9.69. The van der Waals surface area contributed by atoms with E-state index in [0.717, 1.165) is 17.1 Å². The van der Waals surface area contributed by atoms with E-state index < -0.39 is 0 Å². The second kappa shape index (κ2) is 4.11. The summed E-state index contributed by atoms with van der Waals surface area (Å²) in [4.78, 5) is 5.41. The Bertz CT molecular complexity index is 439. The molecule has 0 N–H and O–H groups in total. The maximum atomic E-state index is 8.80. The van der Waals surface area contributed by atoms with Crippen LogP contribution in [0.2, 0.25) is 0 Å². The fourth-order valence-corrected chi connectivity index (χ4v) is 2.35. The van der Waals surface area contributed by atoms with Gasteiger partial charge in [0.25, 0.3) is 0 Å². The standard InChI is InChI=1S/C9H8BrN3S/c10-4-7(5-11)3-8-6-13-1-2-14-9(13)12-8/h1-2,6-7H,3-4H2. The minimum Gasteiger partial charge on any atom is -0.297 e. The van der Waals surface area contributed by atoms with Crippen molar-refractivity contribution < 1.29 is 0 Å². The van der Waals surface area contributed by atoms with Crippen LogP contribution in [0.1, 0.15) is 5.69 Å². The number of nitriles is 1. The molecule has 0 fully saturated rings. The highest BCUT2D eigenvalue weighted by Gasteiger charge is 2.10. The molecule has 1 unspecified atom stereocenters. The topological polar surface area (TPSA) is 41.1 Å². The smallest absolute Gasteiger partial charge is 0.193 e. The van der Waals surface area contributed by atoms with E-state index in [2.05, 4.69) is 27.0 Å². The molecular formula is C9H8BrN3S. The summed E-state index contributed by atoms with van der Waals surface area (Å²) < 4.78 is 1.99. The molecule has 0 aliphatic heterocycles. The summed E-state index contributed by atoms with van der Waals surface area (Å²) in [5, 5.41) is 11.5. The van der Waals surface area contributed by atoms with Crippen LogP contribution in [0.15, 0.2) is 17.8 Å². The van der Waals surface area contributed by atoms with Crippen LogP contribution in [0.25, 0.3) is 4.96 Å². The Morgan fingerprint density at radius 3 is 3.21 bits per heavy atom. The number of rotatable bonds is 3. The van der Waals surface area contributed by atoms with Crippen molar-refractivity contribution in [2.45, 2.75) is 6.42 Å². The van der Waals surface area contributed by atoms with Crippen LogP contribution < -0.4 is 0 Å². The zero-order valence-electron chi connectivity index (χ0n) is 7.35. The van der Waals surface area contributed by atoms with Crippen LogP contribution >= 0.6 is 27.3 Å². The van der Waals surface area contributed by atoms with Gasteiger partial charge >= 0.3 is 0 Å². The van der Waals surface area contributed by atoms with E-state index in [1.165, 1.54) is 0 Å². The molecule has 0 radical (unpaired) electrons. The molecule has 0 bridgehead atoms. The highest BCUT2D eigenvalue weighted by molar-refractivity contribution is 9.09. The average molecular weight is 270 g/mol. The Balaban J connectivity index is 2.20. The number of imidazole rings is 1. The molecule has 5 heteroatoms. The Labute approximate surface area is 94.1 Å². The fourth-order valence-electron chi connectivity index (χ4n) is 1.26. The molecule has 0 amide bonds. The SMILES string of the molecule is N#CC(CBr)Cc1cn2ccsc2n1. The van der Waals surface area contributed by atoms with Crippen LogP contribution in [0, 0.1) is 17.2 Å². The number of alkyl halides is 1. The van der Waals surface area contributed by atoms with Crippen LogP contribution in [-0.2, 0) is 6.42 Å². The molecule has 2 aromatic rings. The number of halogens is 1. The molecule has 3 nitrogen and oxygen atoms in total. The maximum Gasteiger partial charge on any atom is 0.193 e. The van der Waals surface area contributed by atoms with Crippen molar-refractivity contribution in [1.29, 1.82) is 5.26 Å². The van der Waals surface area contributed by atoms with Gasteiger partial charge in [-0.1, -0.05) is 15.9 Å². The van der Waals surface area contributed by atoms with Gasteiger partial charge in [-0.05, 0) is 0 Å². The van der Waals surface area contributed by atoms with Crippen LogP contribution in [0.3, 0.4) is 0 Å². The van der Waals surface area contributed by atoms with Crippen molar-refractivity contribution in [3.05, 3.63) is 23.5 Å². The summed E-state index contributed by atoms with van der Waals surface area (Å²) in [6.45, 7) is 0. The normalized spacial score (nSPS) is 12.9. The number of hydrogen-bond acceptors (Lipinski definition) is 3. The van der Waals surface area contributed by atoms with Gasteiger partial charge in [0.1, 0.15) is 0 Å². The van der Waals surface area contributed by atoms with Crippen molar-refractivity contribution in [2.75, 3.05) is 5.33 Å². The first-order chi connectivity index (χ1) is 6.83. The van der Waals surface area contributed by atoms with Crippen LogP contribution in [-0.4, -0.2) is 14.7 Å². The Morgan fingerprint density at radius 1 is 1.71 bits per heavy atom. The number of aromatic nitrogens is 2. The van der Waals surface area contributed by atoms with Crippen molar-refractivity contribution >= 4 is 32.2 Å². The zero-order chi connectivity index (χ0) is 9.97. The van der Waals surface area contributed by atoms with Gasteiger partial charge in [0.15, 0.2) is 4.96 Å². The second-order valence-electron chi connectivity index (χ2n) is 3.01. The van der Waals surface area contributed by atoms with Gasteiger partial charge in [0, 0.05) is 29.5 Å². The minimum absolute atomic E-state index is 0.0135. The highest BCUT2D eigenvalue weighted by atomic mass is 79.9. The van der Waals surface area contributed by atoms with E-state index in [9.17, 15) is 0 Å². The molecule has 2 heterocycles. The highest BCUT2D eigenvalue weighted by Crippen LogP contribution is 2.14. The Kier molecular flexibility index (Phi) is 2.85. The molecule has 1 atom stereocenters. The molecule has 14 heavy (non-hydrogen) atoms. The van der Waals surface area contributed by atoms with Crippen molar-refractivity contribution in [3.63, 3.8) is 0 Å². The first-order valence-corrected chi connectivity index (χ1v) is 6.20. The summed E-state index contributed by atoms with van der Waals surface area (Å²) in [6, 6.07) is 2.24. The van der Waals surface area contributed by atoms with E-state index in [4.69, 9.17) is 5.26 Å². The summed E-state index contributed by atoms with van der Waals surface area (Å²) in [5.41, 5.74) is 0.989. The number of hydrogen-bond donors (Lipinski definition) is 0. The molecular weight excluding hydrogens is 262 g/mol. The minimum atomic E-state index is 0.0135. The van der Waals surface area contributed by atoms with Gasteiger partial charge in [-0.2, -0.15) is 5.26 Å². The molecule has 72 valence electrons. The van der Waals surface area contributed by atoms with Gasteiger partial charge < -0.3 is 0 Å². The number of thiazole rings is 1. The predicted molar refractivity (Wildman–Crippen MR) is 59.7 cm³/mol. The predicted octanol–water partition coefficient (Wildman–Crippen LogP) is 2.47. The molecule has 2 aromatic heterocycles. The third-order valence-corrected chi connectivity index (χ3v) is 3.52. The van der Waals surface area contributed by atoms with Crippen molar-refractivity contribution in [3.8, 4) is 6.07 Å². The van der Waals surface area contributed by atoms with Gasteiger partial charge in [-0.15, -0.1) is 11.3 Å². The van der Waals surface area contributed by atoms with Gasteiger partial charge in [-0.25, -0.2) is 4.98 Å². The maximum absolute atomic E-state index is 8.80. The first-order valence-electron chi connectivity index (χ1n) is 4.20. The van der Waals surface area contributed by atoms with E-state index in [1.807, 2.05) is 22.2 Å². The lowest BCUT2D eigenvalue weighted by molar-refractivity contribution is 0.741. The molecule has 2 rings (SSSR count). The third kappa shape index (κ3) is 1.81. The van der Waals surface area contributed by atoms with Crippen LogP contribution in [0.5, 0.6) is 0 Å². The molecule has 0 saturated carbocycles. The lowest BCUT2D eigenvalue weighted by atomic mass is 10.1. The summed E-state index contributed by atoms with van der Waals surface area (Å²) >= 11 is 4.92. The van der Waals surface area contributed by atoms with E-state index >= 15 is 0 Å². The zero-order valence-corrected chi connectivity index (χ0v) is 9.75. The van der Waals surface area contributed by atoms with Gasteiger partial charge in [-0.3, -0.25) is 4.40 Å². The number of nitrogens with zero attached hydrogens (tertiary/aromatic N) is 3. The fraction of sp³-hybridized carbons (Fsp3) is 0.333. The van der Waals surface area contributed by atoms with Gasteiger partial charge in [0.2, 0.25) is 0 Å². The van der Waals surface area contributed by atoms with Crippen LogP contribution in [0.4, 0.5) is 0 Å². The second-order valence-corrected chi connectivity index (χ2v) is 4.53. The van der Waals surface area contributed by atoms with Gasteiger partial charge in [0.05, 0.1) is 17.7 Å². The summed E-state index contributed by atoms with van der Waals surface area (Å²) in [7, 11) is 0. The van der Waals surface area contributed by atoms with Crippen molar-refractivity contribution in [1.82, 2.24) is 9.38 Å². The average Bonchev–Trinajstić information content (AvgIpc) is 2.73. The third-order valence-electron chi connectivity index (χ3n) is 1.97.